The number of nitrogens with one attached hydrogen (secondary N) is 1. The zero-order chi connectivity index (χ0) is 13.2. The number of likely N-dealkylation sites (tertiary alicyclic amines) is 1. The van der Waals surface area contributed by atoms with Crippen molar-refractivity contribution in [3.05, 3.63) is 0 Å². The summed E-state index contributed by atoms with van der Waals surface area (Å²) < 4.78 is 5.05. The van der Waals surface area contributed by atoms with Gasteiger partial charge in [-0.25, -0.2) is 0 Å². The minimum Gasteiger partial charge on any atom is -0.385 e. The van der Waals surface area contributed by atoms with Crippen LogP contribution in [0.25, 0.3) is 0 Å². The van der Waals surface area contributed by atoms with Crippen molar-refractivity contribution in [2.75, 3.05) is 40.4 Å². The van der Waals surface area contributed by atoms with Crippen molar-refractivity contribution in [3.8, 4) is 0 Å². The van der Waals surface area contributed by atoms with Gasteiger partial charge in [0.25, 0.3) is 0 Å². The van der Waals surface area contributed by atoms with E-state index in [1.165, 1.54) is 25.7 Å². The number of guanidine groups is 1. The van der Waals surface area contributed by atoms with Crippen LogP contribution >= 0.6 is 0 Å². The van der Waals surface area contributed by atoms with E-state index < -0.39 is 0 Å². The van der Waals surface area contributed by atoms with Gasteiger partial charge in [0.2, 0.25) is 0 Å². The lowest BCUT2D eigenvalue weighted by Gasteiger charge is -2.33. The Kier molecular flexibility index (Phi) is 7.81. The molecular weight excluding hydrogens is 226 g/mol. The predicted molar refractivity (Wildman–Crippen MR) is 77.1 cm³/mol. The molecule has 1 rings (SSSR count). The minimum absolute atomic E-state index is 0.791. The quantitative estimate of drug-likeness (QED) is 0.449. The fourth-order valence-corrected chi connectivity index (χ4v) is 2.46. The molecule has 0 radical (unpaired) electrons. The molecule has 4 heteroatoms. The normalized spacial score (nSPS) is 21.2. The van der Waals surface area contributed by atoms with Crippen molar-refractivity contribution < 1.29 is 4.74 Å². The van der Waals surface area contributed by atoms with Crippen LogP contribution in [0.15, 0.2) is 4.99 Å². The monoisotopic (exact) mass is 255 g/mol. The smallest absolute Gasteiger partial charge is 0.193 e. The molecule has 1 atom stereocenters. The number of hydrogen-bond acceptors (Lipinski definition) is 2. The van der Waals surface area contributed by atoms with Gasteiger partial charge >= 0.3 is 0 Å². The van der Waals surface area contributed by atoms with Crippen molar-refractivity contribution >= 4 is 5.96 Å². The lowest BCUT2D eigenvalue weighted by molar-refractivity contribution is 0.192. The molecule has 0 aromatic carbocycles. The van der Waals surface area contributed by atoms with Crippen LogP contribution in [0.2, 0.25) is 0 Å². The Morgan fingerprint density at radius 2 is 2.22 bits per heavy atom. The second kappa shape index (κ2) is 9.20. The van der Waals surface area contributed by atoms with Gasteiger partial charge in [0.15, 0.2) is 5.96 Å². The van der Waals surface area contributed by atoms with Crippen LogP contribution < -0.4 is 5.32 Å². The fraction of sp³-hybridized carbons (Fsp3) is 0.929. The third-order valence-corrected chi connectivity index (χ3v) is 3.48. The maximum atomic E-state index is 5.05. The maximum absolute atomic E-state index is 5.05. The van der Waals surface area contributed by atoms with Crippen molar-refractivity contribution in [3.63, 3.8) is 0 Å². The molecule has 1 aliphatic heterocycles. The van der Waals surface area contributed by atoms with E-state index in [1.54, 1.807) is 7.11 Å². The highest BCUT2D eigenvalue weighted by Gasteiger charge is 2.18. The molecule has 18 heavy (non-hydrogen) atoms. The summed E-state index contributed by atoms with van der Waals surface area (Å²) in [5.74, 6) is 1.87. The number of piperidine rings is 1. The van der Waals surface area contributed by atoms with Gasteiger partial charge in [0.05, 0.1) is 0 Å². The molecule has 0 aromatic rings. The van der Waals surface area contributed by atoms with Gasteiger partial charge in [-0.2, -0.15) is 0 Å². The second-order valence-electron chi connectivity index (χ2n) is 5.22. The zero-order valence-electron chi connectivity index (χ0n) is 12.2. The summed E-state index contributed by atoms with van der Waals surface area (Å²) in [6.07, 6.45) is 6.19. The first-order chi connectivity index (χ1) is 8.77. The summed E-state index contributed by atoms with van der Waals surface area (Å²) in [7, 11) is 3.64. The predicted octanol–water partition coefficient (Wildman–Crippen LogP) is 2.11. The van der Waals surface area contributed by atoms with Crippen molar-refractivity contribution in [1.82, 2.24) is 10.2 Å². The number of ether oxygens (including phenoxy) is 1. The number of rotatable bonds is 6. The first-order valence-electron chi connectivity index (χ1n) is 7.22. The molecule has 1 N–H and O–H groups in total. The molecule has 0 aromatic heterocycles. The highest BCUT2D eigenvalue weighted by Crippen LogP contribution is 2.15. The van der Waals surface area contributed by atoms with Gasteiger partial charge in [-0.1, -0.05) is 6.92 Å². The standard InChI is InChI=1S/C14H29N3O/c1-13-8-7-10-17(12-13)14(15-2)16-9-5-4-6-11-18-3/h13H,4-12H2,1-3H3,(H,15,16). The average Bonchev–Trinajstić information content (AvgIpc) is 2.38. The minimum atomic E-state index is 0.791. The van der Waals surface area contributed by atoms with E-state index in [4.69, 9.17) is 4.74 Å². The van der Waals surface area contributed by atoms with E-state index in [2.05, 4.69) is 22.1 Å². The van der Waals surface area contributed by atoms with Gasteiger partial charge in [-0.3, -0.25) is 4.99 Å². The highest BCUT2D eigenvalue weighted by atomic mass is 16.5. The van der Waals surface area contributed by atoms with Gasteiger partial charge in [0.1, 0.15) is 0 Å². The number of unbranched alkanes of at least 4 members (excludes halogenated alkanes) is 2. The highest BCUT2D eigenvalue weighted by molar-refractivity contribution is 5.79. The summed E-state index contributed by atoms with van der Waals surface area (Å²) in [5.41, 5.74) is 0. The van der Waals surface area contributed by atoms with Crippen molar-refractivity contribution in [1.29, 1.82) is 0 Å². The Morgan fingerprint density at radius 3 is 2.89 bits per heavy atom. The largest absolute Gasteiger partial charge is 0.385 e. The second-order valence-corrected chi connectivity index (χ2v) is 5.22. The zero-order valence-corrected chi connectivity index (χ0v) is 12.2. The van der Waals surface area contributed by atoms with Crippen molar-refractivity contribution in [2.24, 2.45) is 10.9 Å². The average molecular weight is 255 g/mol. The molecule has 0 spiro atoms. The van der Waals surface area contributed by atoms with Crippen LogP contribution in [0.1, 0.15) is 39.0 Å². The summed E-state index contributed by atoms with van der Waals surface area (Å²) in [4.78, 5) is 6.78. The number of methoxy groups -OCH3 is 1. The molecule has 1 fully saturated rings. The summed E-state index contributed by atoms with van der Waals surface area (Å²) in [6.45, 7) is 6.50. The van der Waals surface area contributed by atoms with E-state index in [0.29, 0.717) is 0 Å². The van der Waals surface area contributed by atoms with E-state index in [-0.39, 0.29) is 0 Å². The summed E-state index contributed by atoms with van der Waals surface area (Å²) in [6, 6.07) is 0. The molecule has 0 bridgehead atoms. The van der Waals surface area contributed by atoms with E-state index in [1.807, 2.05) is 7.05 Å². The first-order valence-corrected chi connectivity index (χ1v) is 7.22. The van der Waals surface area contributed by atoms with Gasteiger partial charge in [0, 0.05) is 40.4 Å². The Morgan fingerprint density at radius 1 is 1.39 bits per heavy atom. The maximum Gasteiger partial charge on any atom is 0.193 e. The Balaban J connectivity index is 2.17. The van der Waals surface area contributed by atoms with E-state index >= 15 is 0 Å². The Hall–Kier alpha value is -0.770. The van der Waals surface area contributed by atoms with Crippen LogP contribution in [0.5, 0.6) is 0 Å². The third kappa shape index (κ3) is 5.71. The number of hydrogen-bond donors (Lipinski definition) is 1. The molecule has 4 nitrogen and oxygen atoms in total. The van der Waals surface area contributed by atoms with Crippen LogP contribution in [-0.4, -0.2) is 51.3 Å². The molecule has 1 aliphatic rings. The van der Waals surface area contributed by atoms with Crippen LogP contribution in [0, 0.1) is 5.92 Å². The SMILES string of the molecule is CN=C(NCCCCCOC)N1CCCC(C)C1. The van der Waals surface area contributed by atoms with E-state index in [0.717, 1.165) is 44.5 Å². The number of aliphatic imine (C=N–C) groups is 1. The molecule has 1 saturated heterocycles. The van der Waals surface area contributed by atoms with Gasteiger partial charge in [-0.05, 0) is 38.0 Å². The molecule has 0 amide bonds. The summed E-state index contributed by atoms with van der Waals surface area (Å²) >= 11 is 0. The van der Waals surface area contributed by atoms with Crippen molar-refractivity contribution in [2.45, 2.75) is 39.0 Å². The number of nitrogens with zero attached hydrogens (tertiary/aromatic N) is 2. The molecular formula is C14H29N3O. The Labute approximate surface area is 112 Å². The van der Waals surface area contributed by atoms with Gasteiger partial charge < -0.3 is 15.0 Å². The Bertz CT molecular complexity index is 243. The molecule has 106 valence electrons. The van der Waals surface area contributed by atoms with Crippen LogP contribution in [-0.2, 0) is 4.74 Å². The lowest BCUT2D eigenvalue weighted by atomic mass is 10.0. The molecule has 0 aliphatic carbocycles. The van der Waals surface area contributed by atoms with Crippen LogP contribution in [0.4, 0.5) is 0 Å². The lowest BCUT2D eigenvalue weighted by Crippen LogP contribution is -2.46. The van der Waals surface area contributed by atoms with Gasteiger partial charge in [-0.15, -0.1) is 0 Å². The topological polar surface area (TPSA) is 36.9 Å². The molecule has 1 unspecified atom stereocenters. The first kappa shape index (κ1) is 15.3. The summed E-state index contributed by atoms with van der Waals surface area (Å²) in [5, 5.41) is 3.47. The van der Waals surface area contributed by atoms with Crippen LogP contribution in [0.3, 0.4) is 0 Å². The third-order valence-electron chi connectivity index (χ3n) is 3.48. The fourth-order valence-electron chi connectivity index (χ4n) is 2.46. The molecule has 0 saturated carbocycles. The molecule has 1 heterocycles. The van der Waals surface area contributed by atoms with E-state index in [9.17, 15) is 0 Å².